The van der Waals surface area contributed by atoms with E-state index in [1.165, 1.54) is 18.2 Å². The zero-order valence-electron chi connectivity index (χ0n) is 9.84. The van der Waals surface area contributed by atoms with Crippen LogP contribution < -0.4 is 0 Å². The van der Waals surface area contributed by atoms with Crippen molar-refractivity contribution in [1.29, 1.82) is 0 Å². The lowest BCUT2D eigenvalue weighted by Crippen LogP contribution is -2.29. The van der Waals surface area contributed by atoms with Gasteiger partial charge in [-0.05, 0) is 30.2 Å². The number of hydrogen-bond acceptors (Lipinski definition) is 5. The summed E-state index contributed by atoms with van der Waals surface area (Å²) in [5.41, 5.74) is 0.688. The van der Waals surface area contributed by atoms with Gasteiger partial charge in [-0.2, -0.15) is 0 Å². The molecule has 3 N–H and O–H groups in total. The van der Waals surface area contributed by atoms with Gasteiger partial charge in [-0.15, -0.1) is 0 Å². The van der Waals surface area contributed by atoms with E-state index in [-0.39, 0.29) is 18.8 Å². The fourth-order valence-corrected chi connectivity index (χ4v) is 1.62. The lowest BCUT2D eigenvalue weighted by atomic mass is 10.0. The van der Waals surface area contributed by atoms with Crippen molar-refractivity contribution < 1.29 is 24.9 Å². The van der Waals surface area contributed by atoms with Gasteiger partial charge in [0.2, 0.25) is 0 Å². The van der Waals surface area contributed by atoms with E-state index in [4.69, 9.17) is 16.7 Å². The summed E-state index contributed by atoms with van der Waals surface area (Å²) >= 11 is 5.80. The molecule has 1 aromatic carbocycles. The van der Waals surface area contributed by atoms with Gasteiger partial charge < -0.3 is 20.1 Å². The van der Waals surface area contributed by atoms with Crippen molar-refractivity contribution in [3.05, 3.63) is 34.3 Å². The SMILES string of the molecule is CCOC(=O)C(O)C(O)c1ccc(Cl)c(CO)c1. The van der Waals surface area contributed by atoms with Crippen molar-refractivity contribution in [2.24, 2.45) is 0 Å². The van der Waals surface area contributed by atoms with Crippen LogP contribution in [0.3, 0.4) is 0 Å². The first kappa shape index (κ1) is 14.9. The number of halogens is 1. The Morgan fingerprint density at radius 3 is 2.67 bits per heavy atom. The molecule has 6 heteroatoms. The van der Waals surface area contributed by atoms with Crippen molar-refractivity contribution in [2.75, 3.05) is 6.61 Å². The molecule has 0 amide bonds. The number of hydrogen-bond donors (Lipinski definition) is 3. The van der Waals surface area contributed by atoms with E-state index in [0.29, 0.717) is 10.6 Å². The maximum absolute atomic E-state index is 11.3. The van der Waals surface area contributed by atoms with Gasteiger partial charge in [-0.25, -0.2) is 4.79 Å². The number of ether oxygens (including phenoxy) is 1. The van der Waals surface area contributed by atoms with Crippen LogP contribution in [0, 0.1) is 0 Å². The zero-order chi connectivity index (χ0) is 13.7. The summed E-state index contributed by atoms with van der Waals surface area (Å²) in [5, 5.41) is 28.8. The highest BCUT2D eigenvalue weighted by Crippen LogP contribution is 2.24. The second kappa shape index (κ2) is 6.70. The molecular formula is C12H15ClO5. The van der Waals surface area contributed by atoms with E-state index in [2.05, 4.69) is 4.74 Å². The van der Waals surface area contributed by atoms with Crippen molar-refractivity contribution in [3.8, 4) is 0 Å². The van der Waals surface area contributed by atoms with E-state index in [1.807, 2.05) is 0 Å². The van der Waals surface area contributed by atoms with Gasteiger partial charge in [-0.3, -0.25) is 0 Å². The van der Waals surface area contributed by atoms with Crippen LogP contribution in [0.1, 0.15) is 24.2 Å². The Morgan fingerprint density at radius 2 is 2.11 bits per heavy atom. The molecule has 0 aromatic heterocycles. The van der Waals surface area contributed by atoms with Crippen LogP contribution in [0.15, 0.2) is 18.2 Å². The normalized spacial score (nSPS) is 14.1. The van der Waals surface area contributed by atoms with Crippen LogP contribution in [0.4, 0.5) is 0 Å². The molecule has 0 bridgehead atoms. The predicted molar refractivity (Wildman–Crippen MR) is 65.0 cm³/mol. The molecule has 2 atom stereocenters. The Kier molecular flexibility index (Phi) is 5.55. The third-order valence-electron chi connectivity index (χ3n) is 2.41. The Balaban J connectivity index is 2.89. The van der Waals surface area contributed by atoms with Gasteiger partial charge in [0.1, 0.15) is 6.10 Å². The van der Waals surface area contributed by atoms with Gasteiger partial charge in [-0.1, -0.05) is 17.7 Å². The fourth-order valence-electron chi connectivity index (χ4n) is 1.44. The smallest absolute Gasteiger partial charge is 0.338 e. The topological polar surface area (TPSA) is 87.0 Å². The summed E-state index contributed by atoms with van der Waals surface area (Å²) in [6, 6.07) is 4.37. The molecule has 1 aromatic rings. The largest absolute Gasteiger partial charge is 0.464 e. The van der Waals surface area contributed by atoms with E-state index in [0.717, 1.165) is 0 Å². The number of aliphatic hydroxyl groups is 3. The number of benzene rings is 1. The Bertz CT molecular complexity index is 421. The molecule has 0 aliphatic rings. The first-order chi connectivity index (χ1) is 8.51. The minimum atomic E-state index is -1.67. The highest BCUT2D eigenvalue weighted by atomic mass is 35.5. The van der Waals surface area contributed by atoms with Crippen LogP contribution in [0.25, 0.3) is 0 Å². The summed E-state index contributed by atoms with van der Waals surface area (Å²) < 4.78 is 4.60. The van der Waals surface area contributed by atoms with Gasteiger partial charge >= 0.3 is 5.97 Å². The lowest BCUT2D eigenvalue weighted by Gasteiger charge is -2.17. The molecule has 100 valence electrons. The average molecular weight is 275 g/mol. The molecule has 0 radical (unpaired) electrons. The van der Waals surface area contributed by atoms with Crippen molar-refractivity contribution in [1.82, 2.24) is 0 Å². The van der Waals surface area contributed by atoms with Crippen LogP contribution in [-0.2, 0) is 16.1 Å². The van der Waals surface area contributed by atoms with E-state index in [1.54, 1.807) is 6.92 Å². The van der Waals surface area contributed by atoms with Crippen LogP contribution in [0.5, 0.6) is 0 Å². The number of carbonyl (C=O) groups is 1. The van der Waals surface area contributed by atoms with E-state index < -0.39 is 18.2 Å². The fraction of sp³-hybridized carbons (Fsp3) is 0.417. The van der Waals surface area contributed by atoms with Crippen LogP contribution in [0.2, 0.25) is 5.02 Å². The van der Waals surface area contributed by atoms with Crippen LogP contribution in [-0.4, -0.2) is 34.0 Å². The summed E-state index contributed by atoms with van der Waals surface area (Å²) in [5.74, 6) is -0.898. The highest BCUT2D eigenvalue weighted by molar-refractivity contribution is 6.31. The zero-order valence-corrected chi connectivity index (χ0v) is 10.6. The maximum atomic E-state index is 11.3. The maximum Gasteiger partial charge on any atom is 0.338 e. The van der Waals surface area contributed by atoms with Gasteiger partial charge in [0, 0.05) is 5.02 Å². The minimum Gasteiger partial charge on any atom is -0.464 e. The molecule has 2 unspecified atom stereocenters. The van der Waals surface area contributed by atoms with Crippen molar-refractivity contribution >= 4 is 17.6 Å². The molecule has 0 saturated heterocycles. The minimum absolute atomic E-state index is 0.116. The second-order valence-electron chi connectivity index (χ2n) is 3.65. The number of esters is 1. The molecule has 0 aliphatic heterocycles. The molecule has 0 heterocycles. The standard InChI is InChI=1S/C12H15ClO5/c1-2-18-12(17)11(16)10(15)7-3-4-9(13)8(5-7)6-14/h3-5,10-11,14-16H,2,6H2,1H3. The molecule has 0 saturated carbocycles. The monoisotopic (exact) mass is 274 g/mol. The molecule has 0 fully saturated rings. The van der Waals surface area contributed by atoms with Gasteiger partial charge in [0.25, 0.3) is 0 Å². The third-order valence-corrected chi connectivity index (χ3v) is 2.78. The van der Waals surface area contributed by atoms with Crippen LogP contribution >= 0.6 is 11.6 Å². The molecule has 5 nitrogen and oxygen atoms in total. The quantitative estimate of drug-likeness (QED) is 0.691. The molecule has 18 heavy (non-hydrogen) atoms. The Hall–Kier alpha value is -1.14. The molecule has 0 aliphatic carbocycles. The summed E-state index contributed by atoms with van der Waals surface area (Å²) in [4.78, 5) is 11.3. The number of aliphatic hydroxyl groups excluding tert-OH is 3. The molecule has 1 rings (SSSR count). The van der Waals surface area contributed by atoms with Crippen molar-refractivity contribution in [3.63, 3.8) is 0 Å². The van der Waals surface area contributed by atoms with Gasteiger partial charge in [0.05, 0.1) is 13.2 Å². The van der Waals surface area contributed by atoms with Gasteiger partial charge in [0.15, 0.2) is 6.10 Å². The molecule has 0 spiro atoms. The highest BCUT2D eigenvalue weighted by Gasteiger charge is 2.27. The predicted octanol–water partition coefficient (Wildman–Crippen LogP) is 0.790. The van der Waals surface area contributed by atoms with Crippen molar-refractivity contribution in [2.45, 2.75) is 25.7 Å². The first-order valence-electron chi connectivity index (χ1n) is 5.43. The third kappa shape index (κ3) is 3.43. The number of rotatable bonds is 5. The summed E-state index contributed by atoms with van der Waals surface area (Å²) in [7, 11) is 0. The lowest BCUT2D eigenvalue weighted by molar-refractivity contribution is -0.159. The second-order valence-corrected chi connectivity index (χ2v) is 4.06. The summed E-state index contributed by atoms with van der Waals surface area (Å²) in [6.45, 7) is 1.42. The first-order valence-corrected chi connectivity index (χ1v) is 5.81. The van der Waals surface area contributed by atoms with E-state index >= 15 is 0 Å². The Labute approximate surface area is 110 Å². The van der Waals surface area contributed by atoms with E-state index in [9.17, 15) is 15.0 Å². The average Bonchev–Trinajstić information content (AvgIpc) is 2.38. The number of carbonyl (C=O) groups excluding carboxylic acids is 1. The Morgan fingerprint density at radius 1 is 1.44 bits per heavy atom. The summed E-state index contributed by atoms with van der Waals surface area (Å²) in [6.07, 6.45) is -3.09. The molecular weight excluding hydrogens is 260 g/mol.